The quantitative estimate of drug-likeness (QED) is 0.745. The Bertz CT molecular complexity index is 692. The van der Waals surface area contributed by atoms with Gasteiger partial charge in [-0.3, -0.25) is 4.90 Å². The minimum absolute atomic E-state index is 0.188. The highest BCUT2D eigenvalue weighted by molar-refractivity contribution is 7.89. The lowest BCUT2D eigenvalue weighted by molar-refractivity contribution is 0.0363. The van der Waals surface area contributed by atoms with Crippen LogP contribution >= 0.6 is 0 Å². The van der Waals surface area contributed by atoms with Crippen LogP contribution in [0.4, 0.5) is 0 Å². The van der Waals surface area contributed by atoms with E-state index < -0.39 is 10.0 Å². The molecular formula is C17H25N3O3S. The number of aryl methyl sites for hydroxylation is 2. The van der Waals surface area contributed by atoms with Gasteiger partial charge in [0.2, 0.25) is 10.0 Å². The highest BCUT2D eigenvalue weighted by Gasteiger charge is 2.26. The van der Waals surface area contributed by atoms with Crippen molar-refractivity contribution in [3.05, 3.63) is 29.3 Å². The normalized spacial score (nSPS) is 16.2. The first-order chi connectivity index (χ1) is 11.4. The second-order valence-corrected chi connectivity index (χ2v) is 7.94. The first-order valence-corrected chi connectivity index (χ1v) is 9.63. The Morgan fingerprint density at radius 1 is 1.25 bits per heavy atom. The molecule has 0 aromatic heterocycles. The van der Waals surface area contributed by atoms with Crippen LogP contribution in [-0.4, -0.2) is 63.6 Å². The third-order valence-electron chi connectivity index (χ3n) is 4.19. The van der Waals surface area contributed by atoms with Crippen molar-refractivity contribution in [2.75, 3.05) is 45.9 Å². The summed E-state index contributed by atoms with van der Waals surface area (Å²) >= 11 is 0. The van der Waals surface area contributed by atoms with Gasteiger partial charge >= 0.3 is 0 Å². The van der Waals surface area contributed by atoms with Gasteiger partial charge in [0.15, 0.2) is 0 Å². The topological polar surface area (TPSA) is 73.6 Å². The fraction of sp³-hybridized carbons (Fsp3) is 0.588. The molecule has 0 unspecified atom stereocenters. The third-order valence-corrected chi connectivity index (χ3v) is 6.25. The van der Waals surface area contributed by atoms with Crippen molar-refractivity contribution in [2.45, 2.75) is 25.2 Å². The summed E-state index contributed by atoms with van der Waals surface area (Å²) < 4.78 is 32.8. The van der Waals surface area contributed by atoms with E-state index in [1.54, 1.807) is 6.07 Å². The summed E-state index contributed by atoms with van der Waals surface area (Å²) in [5.41, 5.74) is 1.77. The van der Waals surface area contributed by atoms with Crippen molar-refractivity contribution in [1.29, 1.82) is 5.26 Å². The lowest BCUT2D eigenvalue weighted by Gasteiger charge is -2.29. The molecule has 0 amide bonds. The van der Waals surface area contributed by atoms with Gasteiger partial charge in [0, 0.05) is 39.1 Å². The van der Waals surface area contributed by atoms with Crippen LogP contribution < -0.4 is 0 Å². The molecule has 1 heterocycles. The van der Waals surface area contributed by atoms with E-state index in [1.807, 2.05) is 32.0 Å². The van der Waals surface area contributed by atoms with E-state index in [9.17, 15) is 8.42 Å². The van der Waals surface area contributed by atoms with Gasteiger partial charge in [-0.2, -0.15) is 9.57 Å². The summed E-state index contributed by atoms with van der Waals surface area (Å²) in [7, 11) is -3.60. The minimum atomic E-state index is -3.60. The van der Waals surface area contributed by atoms with Gasteiger partial charge in [-0.25, -0.2) is 8.42 Å². The Hall–Kier alpha value is -1.46. The van der Waals surface area contributed by atoms with E-state index >= 15 is 0 Å². The van der Waals surface area contributed by atoms with Gasteiger partial charge in [0.05, 0.1) is 24.2 Å². The third kappa shape index (κ3) is 4.77. The summed E-state index contributed by atoms with van der Waals surface area (Å²) in [6.45, 7) is 8.00. The van der Waals surface area contributed by atoms with E-state index in [-0.39, 0.29) is 13.0 Å². The number of sulfonamides is 1. The molecule has 0 saturated carbocycles. The first-order valence-electron chi connectivity index (χ1n) is 8.19. The molecule has 6 nitrogen and oxygen atoms in total. The maximum atomic E-state index is 13.0. The number of nitrogens with zero attached hydrogens (tertiary/aromatic N) is 3. The summed E-state index contributed by atoms with van der Waals surface area (Å²) in [6.07, 6.45) is 0.188. The van der Waals surface area contributed by atoms with Crippen molar-refractivity contribution in [3.63, 3.8) is 0 Å². The average molecular weight is 351 g/mol. The average Bonchev–Trinajstić information content (AvgIpc) is 2.55. The summed E-state index contributed by atoms with van der Waals surface area (Å²) in [5, 5.41) is 8.86. The zero-order valence-electron chi connectivity index (χ0n) is 14.4. The monoisotopic (exact) mass is 351 g/mol. The second kappa shape index (κ2) is 8.58. The summed E-state index contributed by atoms with van der Waals surface area (Å²) in [4.78, 5) is 2.52. The molecule has 1 aliphatic heterocycles. The van der Waals surface area contributed by atoms with Gasteiger partial charge in [-0.15, -0.1) is 0 Å². The molecule has 24 heavy (non-hydrogen) atoms. The summed E-state index contributed by atoms with van der Waals surface area (Å²) in [5.74, 6) is 0. The zero-order chi connectivity index (χ0) is 17.6. The summed E-state index contributed by atoms with van der Waals surface area (Å²) in [6, 6.07) is 7.39. The van der Waals surface area contributed by atoms with E-state index in [1.165, 1.54) is 4.31 Å². The van der Waals surface area contributed by atoms with Crippen LogP contribution in [-0.2, 0) is 14.8 Å². The van der Waals surface area contributed by atoms with Crippen molar-refractivity contribution >= 4 is 10.0 Å². The number of benzene rings is 1. The molecule has 0 N–H and O–H groups in total. The Morgan fingerprint density at radius 2 is 1.96 bits per heavy atom. The van der Waals surface area contributed by atoms with E-state index in [4.69, 9.17) is 10.00 Å². The Morgan fingerprint density at radius 3 is 2.58 bits per heavy atom. The number of morpholine rings is 1. The lowest BCUT2D eigenvalue weighted by atomic mass is 10.2. The Balaban J connectivity index is 2.16. The standard InChI is InChI=1S/C17H25N3O3S/c1-15-4-5-17(16(2)14-15)24(21,22)20(7-3-6-18)9-8-19-10-12-23-13-11-19/h4-5,14H,3,7-13H2,1-2H3. The molecule has 0 radical (unpaired) electrons. The fourth-order valence-corrected chi connectivity index (χ4v) is 4.47. The van der Waals surface area contributed by atoms with Crippen LogP contribution in [0, 0.1) is 25.2 Å². The van der Waals surface area contributed by atoms with Crippen LogP contribution in [0.1, 0.15) is 17.5 Å². The fourth-order valence-electron chi connectivity index (χ4n) is 2.83. The molecule has 1 fully saturated rings. The molecule has 1 aromatic carbocycles. The van der Waals surface area contributed by atoms with Gasteiger partial charge in [0.1, 0.15) is 0 Å². The van der Waals surface area contributed by atoms with E-state index in [0.29, 0.717) is 31.2 Å². The Kier molecular flexibility index (Phi) is 6.75. The van der Waals surface area contributed by atoms with Gasteiger partial charge in [-0.1, -0.05) is 17.7 Å². The molecule has 0 bridgehead atoms. The van der Waals surface area contributed by atoms with E-state index in [0.717, 1.165) is 24.2 Å². The zero-order valence-corrected chi connectivity index (χ0v) is 15.2. The van der Waals surface area contributed by atoms with Crippen LogP contribution in [0.2, 0.25) is 0 Å². The number of hydrogen-bond acceptors (Lipinski definition) is 5. The Labute approximate surface area is 144 Å². The molecule has 0 spiro atoms. The molecule has 7 heteroatoms. The molecule has 0 atom stereocenters. The van der Waals surface area contributed by atoms with Gasteiger partial charge < -0.3 is 4.74 Å². The SMILES string of the molecule is Cc1ccc(S(=O)(=O)N(CCC#N)CCN2CCOCC2)c(C)c1. The largest absolute Gasteiger partial charge is 0.379 e. The van der Waals surface area contributed by atoms with Gasteiger partial charge in [-0.05, 0) is 25.5 Å². The molecule has 132 valence electrons. The predicted molar refractivity (Wildman–Crippen MR) is 92.2 cm³/mol. The van der Waals surface area contributed by atoms with Crippen LogP contribution in [0.5, 0.6) is 0 Å². The number of nitriles is 1. The molecule has 1 saturated heterocycles. The predicted octanol–water partition coefficient (Wildman–Crippen LogP) is 1.54. The molecule has 0 aliphatic carbocycles. The van der Waals surface area contributed by atoms with Crippen LogP contribution in [0.15, 0.2) is 23.1 Å². The number of rotatable bonds is 7. The second-order valence-electron chi connectivity index (χ2n) is 6.04. The van der Waals surface area contributed by atoms with Crippen LogP contribution in [0.3, 0.4) is 0 Å². The lowest BCUT2D eigenvalue weighted by Crippen LogP contribution is -2.43. The first kappa shape index (κ1) is 18.9. The minimum Gasteiger partial charge on any atom is -0.379 e. The highest BCUT2D eigenvalue weighted by Crippen LogP contribution is 2.21. The van der Waals surface area contributed by atoms with Crippen LogP contribution in [0.25, 0.3) is 0 Å². The highest BCUT2D eigenvalue weighted by atomic mass is 32.2. The van der Waals surface area contributed by atoms with Crippen molar-refractivity contribution in [3.8, 4) is 6.07 Å². The molecular weight excluding hydrogens is 326 g/mol. The van der Waals surface area contributed by atoms with Gasteiger partial charge in [0.25, 0.3) is 0 Å². The number of hydrogen-bond donors (Lipinski definition) is 0. The molecule has 1 aliphatic rings. The van der Waals surface area contributed by atoms with E-state index in [2.05, 4.69) is 4.90 Å². The van der Waals surface area contributed by atoms with Crippen molar-refractivity contribution in [1.82, 2.24) is 9.21 Å². The maximum absolute atomic E-state index is 13.0. The molecule has 2 rings (SSSR count). The smallest absolute Gasteiger partial charge is 0.243 e. The van der Waals surface area contributed by atoms with Crippen molar-refractivity contribution < 1.29 is 13.2 Å². The number of ether oxygens (including phenoxy) is 1. The maximum Gasteiger partial charge on any atom is 0.243 e. The molecule has 1 aromatic rings. The van der Waals surface area contributed by atoms with Crippen molar-refractivity contribution in [2.24, 2.45) is 0 Å².